The Hall–Kier alpha value is -2.85. The number of pyridine rings is 1. The number of anilines is 1. The Bertz CT molecular complexity index is 1070. The van der Waals surface area contributed by atoms with Crippen molar-refractivity contribution < 1.29 is 14.3 Å². The minimum absolute atomic E-state index is 0.255. The Kier molecular flexibility index (Phi) is 8.07. The van der Waals surface area contributed by atoms with Crippen molar-refractivity contribution in [1.29, 1.82) is 0 Å². The molecule has 0 spiro atoms. The number of thiocarbonyl (C=S) groups is 1. The number of esters is 1. The number of carbonyl (C=O) groups excluding carboxylic acids is 2. The molecule has 0 atom stereocenters. The summed E-state index contributed by atoms with van der Waals surface area (Å²) in [5.74, 6) is -0.665. The number of amides is 1. The highest BCUT2D eigenvalue weighted by Gasteiger charge is 2.18. The third-order valence-electron chi connectivity index (χ3n) is 4.36. The molecule has 0 saturated heterocycles. The Morgan fingerprint density at radius 3 is 2.39 bits per heavy atom. The highest BCUT2D eigenvalue weighted by Crippen LogP contribution is 2.20. The number of nitrogens with zero attached hydrogens (tertiary/aromatic N) is 2. The van der Waals surface area contributed by atoms with Crippen molar-refractivity contribution >= 4 is 57.5 Å². The molecule has 0 aliphatic heterocycles. The first kappa shape index (κ1) is 22.8. The van der Waals surface area contributed by atoms with E-state index in [1.54, 1.807) is 54.5 Å². The quantitative estimate of drug-likeness (QED) is 0.278. The van der Waals surface area contributed by atoms with Crippen LogP contribution in [0.2, 0.25) is 0 Å². The largest absolute Gasteiger partial charge is 0.462 e. The lowest BCUT2D eigenvalue weighted by Gasteiger charge is -2.26. The maximum Gasteiger partial charge on any atom is 0.338 e. The van der Waals surface area contributed by atoms with E-state index < -0.39 is 0 Å². The van der Waals surface area contributed by atoms with Gasteiger partial charge in [0.1, 0.15) is 0 Å². The van der Waals surface area contributed by atoms with Gasteiger partial charge in [-0.05, 0) is 95.8 Å². The van der Waals surface area contributed by atoms with Crippen molar-refractivity contribution in [2.24, 2.45) is 0 Å². The van der Waals surface area contributed by atoms with Crippen LogP contribution in [0.5, 0.6) is 0 Å². The fourth-order valence-corrected chi connectivity index (χ4v) is 3.72. The fraction of sp³-hybridized carbons (Fsp3) is 0.130. The molecule has 0 bridgehead atoms. The van der Waals surface area contributed by atoms with E-state index in [1.165, 1.54) is 0 Å². The highest BCUT2D eigenvalue weighted by atomic mass is 127. The summed E-state index contributed by atoms with van der Waals surface area (Å²) in [7, 11) is 0. The van der Waals surface area contributed by atoms with Crippen LogP contribution in [-0.2, 0) is 11.3 Å². The second-order valence-electron chi connectivity index (χ2n) is 6.45. The number of rotatable bonds is 6. The van der Waals surface area contributed by atoms with Crippen LogP contribution in [0.1, 0.15) is 33.2 Å². The maximum absolute atomic E-state index is 12.8. The van der Waals surface area contributed by atoms with Gasteiger partial charge in [0.2, 0.25) is 0 Å². The van der Waals surface area contributed by atoms with Crippen LogP contribution in [0.15, 0.2) is 73.1 Å². The summed E-state index contributed by atoms with van der Waals surface area (Å²) in [6, 6.07) is 18.0. The lowest BCUT2D eigenvalue weighted by molar-refractivity contribution is 0.0526. The van der Waals surface area contributed by atoms with Gasteiger partial charge in [0.15, 0.2) is 5.11 Å². The van der Waals surface area contributed by atoms with Crippen LogP contribution in [0.3, 0.4) is 0 Å². The van der Waals surface area contributed by atoms with Gasteiger partial charge in [0.25, 0.3) is 5.91 Å². The Labute approximate surface area is 199 Å². The third kappa shape index (κ3) is 6.08. The molecular formula is C23H20IN3O3S. The second-order valence-corrected chi connectivity index (χ2v) is 8.00. The minimum Gasteiger partial charge on any atom is -0.462 e. The lowest BCUT2D eigenvalue weighted by Crippen LogP contribution is -2.42. The number of carbonyl (C=O) groups is 2. The molecule has 1 N–H and O–H groups in total. The van der Waals surface area contributed by atoms with Gasteiger partial charge in [0, 0.05) is 21.7 Å². The Balaban J connectivity index is 1.85. The monoisotopic (exact) mass is 545 g/mol. The summed E-state index contributed by atoms with van der Waals surface area (Å²) < 4.78 is 5.87. The van der Waals surface area contributed by atoms with Crippen molar-refractivity contribution in [2.75, 3.05) is 11.5 Å². The molecule has 0 aliphatic carbocycles. The van der Waals surface area contributed by atoms with E-state index in [0.29, 0.717) is 24.3 Å². The van der Waals surface area contributed by atoms with Crippen molar-refractivity contribution in [3.8, 4) is 0 Å². The number of ether oxygens (including phenoxy) is 1. The van der Waals surface area contributed by atoms with E-state index >= 15 is 0 Å². The van der Waals surface area contributed by atoms with Crippen LogP contribution in [0, 0.1) is 3.57 Å². The molecule has 1 aromatic heterocycles. The molecule has 0 radical (unpaired) electrons. The van der Waals surface area contributed by atoms with Crippen LogP contribution < -0.4 is 10.2 Å². The SMILES string of the molecule is CCOC(=O)c1ccc(N(Cc2ccncc2)C(=S)NC(=O)c2ccccc2I)cc1. The first-order valence-corrected chi connectivity index (χ1v) is 11.0. The predicted molar refractivity (Wildman–Crippen MR) is 132 cm³/mol. The summed E-state index contributed by atoms with van der Waals surface area (Å²) >= 11 is 7.70. The predicted octanol–water partition coefficient (Wildman–Crippen LogP) is 4.58. The topological polar surface area (TPSA) is 71.5 Å². The molecular weight excluding hydrogens is 525 g/mol. The molecule has 0 aliphatic rings. The molecule has 8 heteroatoms. The molecule has 31 heavy (non-hydrogen) atoms. The Morgan fingerprint density at radius 2 is 1.74 bits per heavy atom. The summed E-state index contributed by atoms with van der Waals surface area (Å²) in [5.41, 5.74) is 2.70. The van der Waals surface area contributed by atoms with Crippen molar-refractivity contribution in [1.82, 2.24) is 10.3 Å². The van der Waals surface area contributed by atoms with Crippen molar-refractivity contribution in [3.63, 3.8) is 0 Å². The standard InChI is InChI=1S/C23H20IN3O3S/c1-2-30-22(29)17-7-9-18(10-8-17)27(15-16-11-13-25-14-12-16)23(31)26-21(28)19-5-3-4-6-20(19)24/h3-14H,2,15H2,1H3,(H,26,28,31). The molecule has 3 rings (SSSR count). The smallest absolute Gasteiger partial charge is 0.338 e. The molecule has 1 amide bonds. The first-order chi connectivity index (χ1) is 15.0. The van der Waals surface area contributed by atoms with Gasteiger partial charge < -0.3 is 9.64 Å². The molecule has 6 nitrogen and oxygen atoms in total. The number of hydrogen-bond acceptors (Lipinski definition) is 5. The Morgan fingerprint density at radius 1 is 1.06 bits per heavy atom. The van der Waals surface area contributed by atoms with E-state index in [0.717, 1.165) is 14.8 Å². The molecule has 158 valence electrons. The molecule has 1 heterocycles. The van der Waals surface area contributed by atoms with Gasteiger partial charge in [-0.15, -0.1) is 0 Å². The van der Waals surface area contributed by atoms with Crippen LogP contribution >= 0.6 is 34.8 Å². The molecule has 0 saturated carbocycles. The third-order valence-corrected chi connectivity index (χ3v) is 5.63. The zero-order chi connectivity index (χ0) is 22.2. The second kappa shape index (κ2) is 11.0. The van der Waals surface area contributed by atoms with E-state index in [1.807, 2.05) is 30.3 Å². The maximum atomic E-state index is 12.8. The summed E-state index contributed by atoms with van der Waals surface area (Å²) in [6.45, 7) is 2.49. The van der Waals surface area contributed by atoms with E-state index in [9.17, 15) is 9.59 Å². The average Bonchev–Trinajstić information content (AvgIpc) is 2.78. The summed E-state index contributed by atoms with van der Waals surface area (Å²) in [4.78, 5) is 30.6. The van der Waals surface area contributed by atoms with Crippen LogP contribution in [0.25, 0.3) is 0 Å². The summed E-state index contributed by atoms with van der Waals surface area (Å²) in [5, 5.41) is 3.07. The first-order valence-electron chi connectivity index (χ1n) is 9.53. The van der Waals surface area contributed by atoms with Gasteiger partial charge >= 0.3 is 5.97 Å². The van der Waals surface area contributed by atoms with Gasteiger partial charge in [-0.3, -0.25) is 15.1 Å². The fourth-order valence-electron chi connectivity index (χ4n) is 2.82. The molecule has 0 unspecified atom stereocenters. The van der Waals surface area contributed by atoms with Gasteiger partial charge in [-0.2, -0.15) is 0 Å². The molecule has 3 aromatic rings. The van der Waals surface area contributed by atoms with Gasteiger partial charge in [-0.1, -0.05) is 12.1 Å². The lowest BCUT2D eigenvalue weighted by atomic mass is 10.1. The van der Waals surface area contributed by atoms with Crippen LogP contribution in [0.4, 0.5) is 5.69 Å². The zero-order valence-electron chi connectivity index (χ0n) is 16.7. The average molecular weight is 545 g/mol. The van der Waals surface area contributed by atoms with E-state index in [-0.39, 0.29) is 17.0 Å². The zero-order valence-corrected chi connectivity index (χ0v) is 19.7. The number of nitrogens with one attached hydrogen (secondary N) is 1. The summed E-state index contributed by atoms with van der Waals surface area (Å²) in [6.07, 6.45) is 3.40. The van der Waals surface area contributed by atoms with Crippen molar-refractivity contribution in [3.05, 3.63) is 93.3 Å². The van der Waals surface area contributed by atoms with Crippen molar-refractivity contribution in [2.45, 2.75) is 13.5 Å². The molecule has 2 aromatic carbocycles. The number of benzene rings is 2. The number of hydrogen-bond donors (Lipinski definition) is 1. The van der Waals surface area contributed by atoms with Gasteiger partial charge in [0.05, 0.1) is 24.3 Å². The normalized spacial score (nSPS) is 10.3. The van der Waals surface area contributed by atoms with Crippen LogP contribution in [-0.4, -0.2) is 28.6 Å². The van der Waals surface area contributed by atoms with E-state index in [2.05, 4.69) is 32.9 Å². The highest BCUT2D eigenvalue weighted by molar-refractivity contribution is 14.1. The number of halogens is 1. The number of aromatic nitrogens is 1. The minimum atomic E-state index is -0.385. The molecule has 0 fully saturated rings. The van der Waals surface area contributed by atoms with Gasteiger partial charge in [-0.25, -0.2) is 4.79 Å². The van der Waals surface area contributed by atoms with E-state index in [4.69, 9.17) is 17.0 Å².